The number of aromatic amines is 1. The van der Waals surface area contributed by atoms with Crippen molar-refractivity contribution in [3.8, 4) is 0 Å². The molecule has 1 saturated heterocycles. The minimum absolute atomic E-state index is 0.0196. The average molecular weight is 580 g/mol. The number of rotatable bonds is 12. The lowest BCUT2D eigenvalue weighted by Crippen LogP contribution is -2.39. The molecule has 0 aromatic carbocycles. The van der Waals surface area contributed by atoms with Gasteiger partial charge in [-0.2, -0.15) is 4.98 Å². The van der Waals surface area contributed by atoms with E-state index in [1.807, 2.05) is 0 Å². The van der Waals surface area contributed by atoms with Gasteiger partial charge in [-0.3, -0.25) is 37.5 Å². The number of hydrogen-bond acceptors (Lipinski definition) is 15. The number of phosphoric ester groups is 1. The molecule has 0 radical (unpaired) electrons. The summed E-state index contributed by atoms with van der Waals surface area (Å²) in [4.78, 5) is 44.9. The van der Waals surface area contributed by atoms with Crippen LogP contribution in [0.25, 0.3) is 11.2 Å². The van der Waals surface area contributed by atoms with E-state index in [0.717, 1.165) is 23.5 Å². The topological polar surface area (TPSA) is 207 Å². The summed E-state index contributed by atoms with van der Waals surface area (Å²) in [6, 6.07) is 0. The van der Waals surface area contributed by atoms with Crippen molar-refractivity contribution in [2.45, 2.75) is 44.0 Å². The number of nitrogens with one attached hydrogen (secondary N) is 1. The molecule has 1 unspecified atom stereocenters. The molecule has 0 amide bonds. The largest absolute Gasteiger partial charge is 0.475 e. The number of carbonyl (C=O) groups is 2. The Kier molecular flexibility index (Phi) is 8.47. The Morgan fingerprint density at radius 1 is 1.24 bits per heavy atom. The van der Waals surface area contributed by atoms with Gasteiger partial charge in [-0.25, -0.2) is 9.55 Å². The second-order valence-electron chi connectivity index (χ2n) is 8.09. The van der Waals surface area contributed by atoms with Crippen molar-refractivity contribution in [3.05, 3.63) is 16.7 Å². The fourth-order valence-electron chi connectivity index (χ4n) is 3.98. The van der Waals surface area contributed by atoms with E-state index in [4.69, 9.17) is 28.8 Å². The highest BCUT2D eigenvalue weighted by Gasteiger charge is 2.80. The molecule has 2 aliphatic rings. The van der Waals surface area contributed by atoms with Crippen molar-refractivity contribution in [1.82, 2.24) is 19.5 Å². The van der Waals surface area contributed by atoms with Crippen LogP contribution in [0.3, 0.4) is 0 Å². The van der Waals surface area contributed by atoms with Crippen LogP contribution in [-0.2, 0) is 37.2 Å². The molecule has 15 nitrogen and oxygen atoms in total. The molecule has 37 heavy (non-hydrogen) atoms. The maximum atomic E-state index is 13.3. The smallest absolute Gasteiger partial charge is 0.381 e. The highest BCUT2D eigenvalue weighted by molar-refractivity contribution is 8.13. The monoisotopic (exact) mass is 579 g/mol. The van der Waals surface area contributed by atoms with Crippen LogP contribution >= 0.6 is 31.3 Å². The van der Waals surface area contributed by atoms with E-state index in [2.05, 4.69) is 15.0 Å². The molecule has 204 valence electrons. The molecule has 2 aromatic rings. The van der Waals surface area contributed by atoms with Crippen molar-refractivity contribution >= 4 is 58.7 Å². The summed E-state index contributed by atoms with van der Waals surface area (Å²) in [5.74, 6) is 0.279. The number of fused-ring (bicyclic) bond motifs is 2. The normalized spacial score (nSPS) is 26.9. The van der Waals surface area contributed by atoms with E-state index in [-0.39, 0.29) is 52.1 Å². The Hall–Kier alpha value is -1.82. The molecule has 2 fully saturated rings. The third-order valence-corrected chi connectivity index (χ3v) is 8.61. The van der Waals surface area contributed by atoms with Crippen LogP contribution in [0.4, 0.5) is 5.95 Å². The number of methoxy groups -OCH3 is 1. The van der Waals surface area contributed by atoms with Crippen molar-refractivity contribution in [3.63, 3.8) is 0 Å². The molecule has 3 heterocycles. The molecule has 4 rings (SSSR count). The lowest BCUT2D eigenvalue weighted by atomic mass is 10.1. The van der Waals surface area contributed by atoms with Crippen molar-refractivity contribution in [1.29, 1.82) is 0 Å². The number of H-pyrrole nitrogens is 1. The van der Waals surface area contributed by atoms with Gasteiger partial charge < -0.3 is 20.3 Å². The number of thioether (sulfide) groups is 2. The molecule has 5 atom stereocenters. The first-order valence-electron chi connectivity index (χ1n) is 11.0. The Labute approximate surface area is 218 Å². The molecular formula is C19H26N5O10PS2. The van der Waals surface area contributed by atoms with E-state index >= 15 is 0 Å². The van der Waals surface area contributed by atoms with Gasteiger partial charge in [0.2, 0.25) is 5.95 Å². The first kappa shape index (κ1) is 28.2. The molecule has 1 aliphatic carbocycles. The summed E-state index contributed by atoms with van der Waals surface area (Å²) in [7, 11) is -2.89. The van der Waals surface area contributed by atoms with Gasteiger partial charge in [0.05, 0.1) is 19.5 Å². The maximum Gasteiger partial charge on any atom is 0.475 e. The average Bonchev–Trinajstić information content (AvgIpc) is 3.12. The van der Waals surface area contributed by atoms with Crippen LogP contribution in [0.5, 0.6) is 0 Å². The molecule has 4 N–H and O–H groups in total. The van der Waals surface area contributed by atoms with Crippen LogP contribution in [0.1, 0.15) is 20.1 Å². The van der Waals surface area contributed by atoms with Crippen LogP contribution in [0.15, 0.2) is 11.1 Å². The SMILES string of the molecule is CO[C@H]1[C@H](n2cnc3c(=O)[nH]c(N)nc32)O[C@@H]2C(OP(=O)(OCCSC(C)=O)OCCSC(C)=O)[C@@]21O. The first-order valence-corrected chi connectivity index (χ1v) is 14.4. The highest BCUT2D eigenvalue weighted by atomic mass is 32.2. The fourth-order valence-corrected chi connectivity index (χ4v) is 6.52. The number of aliphatic hydroxyl groups is 1. The molecular weight excluding hydrogens is 553 g/mol. The quantitative estimate of drug-likeness (QED) is 0.230. The van der Waals surface area contributed by atoms with E-state index in [1.165, 1.54) is 31.9 Å². The van der Waals surface area contributed by atoms with Gasteiger partial charge in [-0.1, -0.05) is 23.5 Å². The maximum absolute atomic E-state index is 13.3. The van der Waals surface area contributed by atoms with Crippen LogP contribution < -0.4 is 11.3 Å². The van der Waals surface area contributed by atoms with Crippen molar-refractivity contribution in [2.75, 3.05) is 37.6 Å². The van der Waals surface area contributed by atoms with Gasteiger partial charge in [0.1, 0.15) is 18.3 Å². The standard InChI is InChI=1S/C19H26N5O10PS2/c1-9(25)36-6-4-31-35(29,32-5-7-37-10(2)26)34-13-12-19(13,28)14(30-3)17(33-12)24-8-21-11-15(24)22-18(20)23-16(11)27/h8,12-14,17,28H,4-7H2,1-3H3,(H3,20,22,23,27)/t12-,13?,14+,17-,19+/m1/s1. The van der Waals surface area contributed by atoms with Crippen LogP contribution in [0.2, 0.25) is 0 Å². The Bertz CT molecular complexity index is 1260. The van der Waals surface area contributed by atoms with Gasteiger partial charge >= 0.3 is 7.82 Å². The highest BCUT2D eigenvalue weighted by Crippen LogP contribution is 2.63. The lowest BCUT2D eigenvalue weighted by Gasteiger charge is -2.27. The van der Waals surface area contributed by atoms with Gasteiger partial charge in [0.25, 0.3) is 5.56 Å². The van der Waals surface area contributed by atoms with Gasteiger partial charge in [0, 0.05) is 32.5 Å². The van der Waals surface area contributed by atoms with E-state index < -0.39 is 43.5 Å². The summed E-state index contributed by atoms with van der Waals surface area (Å²) in [5, 5.41) is 11.1. The number of ether oxygens (including phenoxy) is 2. The molecule has 2 aromatic heterocycles. The zero-order chi connectivity index (χ0) is 27.0. The minimum atomic E-state index is -4.24. The minimum Gasteiger partial charge on any atom is -0.381 e. The molecule has 0 spiro atoms. The summed E-state index contributed by atoms with van der Waals surface area (Å²) in [5.41, 5.74) is 3.52. The van der Waals surface area contributed by atoms with Gasteiger partial charge in [0.15, 0.2) is 33.2 Å². The summed E-state index contributed by atoms with van der Waals surface area (Å²) < 4.78 is 42.5. The predicted molar refractivity (Wildman–Crippen MR) is 133 cm³/mol. The van der Waals surface area contributed by atoms with E-state index in [9.17, 15) is 24.1 Å². The third-order valence-electron chi connectivity index (χ3n) is 5.58. The number of hydrogen-bond donors (Lipinski definition) is 3. The number of nitrogens with two attached hydrogens (primary N) is 1. The number of nitrogens with zero attached hydrogens (tertiary/aromatic N) is 3. The van der Waals surface area contributed by atoms with Crippen molar-refractivity contribution in [2.24, 2.45) is 0 Å². The predicted octanol–water partition coefficient (Wildman–Crippen LogP) is 0.445. The molecule has 1 aliphatic heterocycles. The van der Waals surface area contributed by atoms with Crippen LogP contribution in [0, 0.1) is 0 Å². The second-order valence-corrected chi connectivity index (χ2v) is 12.3. The van der Waals surface area contributed by atoms with Crippen LogP contribution in [-0.4, -0.2) is 90.6 Å². The van der Waals surface area contributed by atoms with Gasteiger partial charge in [-0.05, 0) is 0 Å². The second kappa shape index (κ2) is 11.1. The number of phosphoric acid groups is 1. The first-order chi connectivity index (χ1) is 17.5. The number of carbonyl (C=O) groups excluding carboxylic acids is 2. The molecule has 18 heteroatoms. The van der Waals surface area contributed by atoms with E-state index in [1.54, 1.807) is 0 Å². The Balaban J connectivity index is 1.48. The zero-order valence-corrected chi connectivity index (χ0v) is 22.5. The Morgan fingerprint density at radius 2 is 1.86 bits per heavy atom. The number of nitrogen functional groups attached to an aromatic ring is 1. The number of anilines is 1. The van der Waals surface area contributed by atoms with Crippen molar-refractivity contribution < 1.29 is 42.3 Å². The summed E-state index contributed by atoms with van der Waals surface area (Å²) in [6.45, 7) is 2.52. The van der Waals surface area contributed by atoms with E-state index in [0.29, 0.717) is 0 Å². The molecule has 0 bridgehead atoms. The number of aromatic nitrogens is 4. The third kappa shape index (κ3) is 5.79. The lowest BCUT2D eigenvalue weighted by molar-refractivity contribution is -0.110. The fraction of sp³-hybridized carbons (Fsp3) is 0.632. The summed E-state index contributed by atoms with van der Waals surface area (Å²) >= 11 is 1.95. The number of imidazole rings is 1. The zero-order valence-electron chi connectivity index (χ0n) is 20.0. The van der Waals surface area contributed by atoms with Gasteiger partial charge in [-0.15, -0.1) is 0 Å². The molecule has 1 saturated carbocycles. The summed E-state index contributed by atoms with van der Waals surface area (Å²) in [6.07, 6.45) is -2.82. The Morgan fingerprint density at radius 3 is 2.43 bits per heavy atom.